The van der Waals surface area contributed by atoms with Gasteiger partial charge in [-0.25, -0.2) is 13.1 Å². The number of nitrogens with one attached hydrogen (secondary N) is 2. The lowest BCUT2D eigenvalue weighted by atomic mass is 10.1. The van der Waals surface area contributed by atoms with Crippen molar-refractivity contribution < 1.29 is 12.6 Å². The number of sulfonamides is 1. The molecule has 1 saturated heterocycles. The van der Waals surface area contributed by atoms with Crippen molar-refractivity contribution in [1.82, 2.24) is 10.0 Å². The van der Waals surface area contributed by atoms with Gasteiger partial charge in [0.05, 0.1) is 5.75 Å². The van der Waals surface area contributed by atoms with Crippen molar-refractivity contribution in [2.24, 2.45) is 0 Å². The predicted molar refractivity (Wildman–Crippen MR) is 71.0 cm³/mol. The summed E-state index contributed by atoms with van der Waals surface area (Å²) in [6.07, 6.45) is 4.69. The number of rotatable bonds is 6. The maximum absolute atomic E-state index is 11.8. The van der Waals surface area contributed by atoms with Gasteiger partial charge in [-0.15, -0.1) is 0 Å². The molecule has 1 heterocycles. The second-order valence-electron chi connectivity index (χ2n) is 4.69. The van der Waals surface area contributed by atoms with Crippen LogP contribution in [0.2, 0.25) is 0 Å². The van der Waals surface area contributed by atoms with E-state index in [1.807, 2.05) is 0 Å². The van der Waals surface area contributed by atoms with Crippen LogP contribution in [0.15, 0.2) is 0 Å². The van der Waals surface area contributed by atoms with Gasteiger partial charge in [0.25, 0.3) is 0 Å². The molecule has 3 atom stereocenters. The van der Waals surface area contributed by atoms with Crippen molar-refractivity contribution in [2.75, 3.05) is 24.3 Å². The predicted octanol–water partition coefficient (Wildman–Crippen LogP) is -0.185. The first-order valence-electron chi connectivity index (χ1n) is 5.92. The first-order chi connectivity index (χ1) is 7.89. The summed E-state index contributed by atoms with van der Waals surface area (Å²) in [4.78, 5) is 0. The van der Waals surface area contributed by atoms with Crippen LogP contribution in [0.3, 0.4) is 0 Å². The van der Waals surface area contributed by atoms with Crippen molar-refractivity contribution >= 4 is 20.8 Å². The first-order valence-corrected chi connectivity index (χ1v) is 9.30. The molecule has 0 radical (unpaired) electrons. The Morgan fingerprint density at radius 1 is 1.47 bits per heavy atom. The Hall–Kier alpha value is 0.0200. The largest absolute Gasteiger partial charge is 0.313 e. The minimum atomic E-state index is -3.27. The Balaban J connectivity index is 2.41. The third-order valence-electron chi connectivity index (χ3n) is 2.70. The third-order valence-corrected chi connectivity index (χ3v) is 5.27. The molecule has 0 aromatic rings. The Kier molecular flexibility index (Phi) is 6.05. The van der Waals surface area contributed by atoms with E-state index in [-0.39, 0.29) is 17.8 Å². The standard InChI is InChI=1S/C10H22N2O3S2/c1-9(7-16(2)13)12-17(14,15)8-10-5-3-4-6-11-10/h9-12H,3-8H2,1-2H3. The molecular weight excluding hydrogens is 260 g/mol. The highest BCUT2D eigenvalue weighted by Crippen LogP contribution is 2.08. The van der Waals surface area contributed by atoms with Gasteiger partial charge in [-0.3, -0.25) is 4.21 Å². The maximum atomic E-state index is 11.8. The highest BCUT2D eigenvalue weighted by atomic mass is 32.2. The average Bonchev–Trinajstić information content (AvgIpc) is 2.15. The zero-order valence-electron chi connectivity index (χ0n) is 10.4. The Morgan fingerprint density at radius 2 is 2.18 bits per heavy atom. The summed E-state index contributed by atoms with van der Waals surface area (Å²) in [7, 11) is -4.25. The van der Waals surface area contributed by atoms with E-state index in [1.165, 1.54) is 0 Å². The molecule has 2 N–H and O–H groups in total. The Labute approximate surface area is 106 Å². The monoisotopic (exact) mass is 282 g/mol. The number of hydrogen-bond donors (Lipinski definition) is 2. The topological polar surface area (TPSA) is 75.3 Å². The van der Waals surface area contributed by atoms with E-state index in [0.717, 1.165) is 25.8 Å². The van der Waals surface area contributed by atoms with Gasteiger partial charge in [-0.1, -0.05) is 6.42 Å². The van der Waals surface area contributed by atoms with Gasteiger partial charge >= 0.3 is 0 Å². The fourth-order valence-electron chi connectivity index (χ4n) is 2.07. The zero-order chi connectivity index (χ0) is 12.9. The number of hydrogen-bond acceptors (Lipinski definition) is 4. The van der Waals surface area contributed by atoms with Gasteiger partial charge in [0.1, 0.15) is 0 Å². The molecule has 1 fully saturated rings. The molecule has 5 nitrogen and oxygen atoms in total. The van der Waals surface area contributed by atoms with Crippen LogP contribution in [0.5, 0.6) is 0 Å². The smallest absolute Gasteiger partial charge is 0.213 e. The normalized spacial score (nSPS) is 25.4. The van der Waals surface area contributed by atoms with Crippen molar-refractivity contribution in [2.45, 2.75) is 38.3 Å². The minimum absolute atomic E-state index is 0.0561. The van der Waals surface area contributed by atoms with E-state index in [1.54, 1.807) is 13.2 Å². The van der Waals surface area contributed by atoms with Gasteiger partial charge < -0.3 is 5.32 Å². The quantitative estimate of drug-likeness (QED) is 0.708. The number of piperidine rings is 1. The highest BCUT2D eigenvalue weighted by molar-refractivity contribution is 7.89. The summed E-state index contributed by atoms with van der Waals surface area (Å²) in [5, 5.41) is 3.21. The molecule has 3 unspecified atom stereocenters. The van der Waals surface area contributed by atoms with Crippen molar-refractivity contribution in [3.63, 3.8) is 0 Å². The Morgan fingerprint density at radius 3 is 2.71 bits per heavy atom. The van der Waals surface area contributed by atoms with Gasteiger partial charge in [-0.05, 0) is 26.3 Å². The highest BCUT2D eigenvalue weighted by Gasteiger charge is 2.22. The molecule has 1 aliphatic rings. The van der Waals surface area contributed by atoms with E-state index in [4.69, 9.17) is 0 Å². The van der Waals surface area contributed by atoms with Crippen LogP contribution >= 0.6 is 0 Å². The molecule has 0 spiro atoms. The van der Waals surface area contributed by atoms with Crippen LogP contribution in [0.1, 0.15) is 26.2 Å². The van der Waals surface area contributed by atoms with E-state index >= 15 is 0 Å². The van der Waals surface area contributed by atoms with E-state index < -0.39 is 20.8 Å². The molecule has 1 rings (SSSR count). The fraction of sp³-hybridized carbons (Fsp3) is 1.00. The van der Waals surface area contributed by atoms with Crippen molar-refractivity contribution in [3.05, 3.63) is 0 Å². The molecule has 17 heavy (non-hydrogen) atoms. The molecule has 7 heteroatoms. The molecule has 102 valence electrons. The van der Waals surface area contributed by atoms with Crippen LogP contribution < -0.4 is 10.0 Å². The SMILES string of the molecule is CC(CS(C)=O)NS(=O)(=O)CC1CCCCN1. The van der Waals surface area contributed by atoms with Crippen LogP contribution in [0, 0.1) is 0 Å². The second kappa shape index (κ2) is 6.82. The minimum Gasteiger partial charge on any atom is -0.313 e. The average molecular weight is 282 g/mol. The van der Waals surface area contributed by atoms with Crippen LogP contribution in [-0.2, 0) is 20.8 Å². The summed E-state index contributed by atoms with van der Waals surface area (Å²) in [6.45, 7) is 2.64. The van der Waals surface area contributed by atoms with Gasteiger partial charge in [-0.2, -0.15) is 0 Å². The zero-order valence-corrected chi connectivity index (χ0v) is 12.1. The van der Waals surface area contributed by atoms with E-state index in [9.17, 15) is 12.6 Å². The summed E-state index contributed by atoms with van der Waals surface area (Å²) >= 11 is 0. The van der Waals surface area contributed by atoms with Crippen molar-refractivity contribution in [3.8, 4) is 0 Å². The lowest BCUT2D eigenvalue weighted by molar-refractivity contribution is 0.422. The first kappa shape index (κ1) is 15.1. The molecule has 0 aliphatic carbocycles. The lowest BCUT2D eigenvalue weighted by Crippen LogP contribution is -2.45. The fourth-order valence-corrected chi connectivity index (χ4v) is 4.57. The Bertz CT molecular complexity index is 351. The van der Waals surface area contributed by atoms with E-state index in [0.29, 0.717) is 5.75 Å². The molecule has 0 amide bonds. The molecule has 0 aromatic heterocycles. The molecular formula is C10H22N2O3S2. The summed E-state index contributed by atoms with van der Waals surface area (Å²) in [5.41, 5.74) is 0. The van der Waals surface area contributed by atoms with Crippen LogP contribution in [0.25, 0.3) is 0 Å². The molecule has 0 aromatic carbocycles. The summed E-state index contributed by atoms with van der Waals surface area (Å²) in [6, 6.07) is -0.213. The molecule has 0 saturated carbocycles. The van der Waals surface area contributed by atoms with Crippen LogP contribution in [0.4, 0.5) is 0 Å². The summed E-state index contributed by atoms with van der Waals surface area (Å²) in [5.74, 6) is 0.477. The molecule has 1 aliphatic heterocycles. The molecule has 0 bridgehead atoms. The van der Waals surface area contributed by atoms with E-state index in [2.05, 4.69) is 10.0 Å². The summed E-state index contributed by atoms with van der Waals surface area (Å²) < 4.78 is 37.2. The van der Waals surface area contributed by atoms with Crippen molar-refractivity contribution in [1.29, 1.82) is 0 Å². The third kappa shape index (κ3) is 6.49. The second-order valence-corrected chi connectivity index (χ2v) is 7.97. The van der Waals surface area contributed by atoms with Gasteiger partial charge in [0.15, 0.2) is 0 Å². The van der Waals surface area contributed by atoms with Gasteiger partial charge in [0.2, 0.25) is 10.0 Å². The van der Waals surface area contributed by atoms with Gasteiger partial charge in [0, 0.05) is 34.9 Å². The van der Waals surface area contributed by atoms with Crippen LogP contribution in [-0.4, -0.2) is 49.0 Å². The maximum Gasteiger partial charge on any atom is 0.213 e. The lowest BCUT2D eigenvalue weighted by Gasteiger charge is -2.24.